The summed E-state index contributed by atoms with van der Waals surface area (Å²) in [6.07, 6.45) is 0. The minimum absolute atomic E-state index is 0.205. The summed E-state index contributed by atoms with van der Waals surface area (Å²) in [6.45, 7) is 7.75. The van der Waals surface area contributed by atoms with Crippen LogP contribution >= 0.6 is 0 Å². The smallest absolute Gasteiger partial charge is 0.118 e. The van der Waals surface area contributed by atoms with Crippen LogP contribution in [0.2, 0.25) is 0 Å². The number of hydrogen-bond acceptors (Lipinski definition) is 3. The second-order valence-electron chi connectivity index (χ2n) is 6.00. The summed E-state index contributed by atoms with van der Waals surface area (Å²) in [5, 5.41) is 0. The number of furan rings is 1. The minimum Gasteiger partial charge on any atom is -0.465 e. The monoisotopic (exact) mass is 286 g/mol. The molecule has 1 heterocycles. The Labute approximate surface area is 127 Å². The van der Waals surface area contributed by atoms with Crippen molar-refractivity contribution in [3.8, 4) is 0 Å². The Morgan fingerprint density at radius 1 is 1.05 bits per heavy atom. The molecule has 0 aliphatic heterocycles. The van der Waals surface area contributed by atoms with Crippen molar-refractivity contribution in [2.45, 2.75) is 39.3 Å². The lowest BCUT2D eigenvalue weighted by molar-refractivity contribution is 0.221. The number of likely N-dealkylation sites (N-methyl/N-ethyl adjacent to an activating group) is 1. The summed E-state index contributed by atoms with van der Waals surface area (Å²) in [5.74, 6) is 2.48. The van der Waals surface area contributed by atoms with E-state index in [-0.39, 0.29) is 6.04 Å². The predicted octanol–water partition coefficient (Wildman–Crippen LogP) is 3.84. The van der Waals surface area contributed by atoms with Crippen molar-refractivity contribution in [3.05, 3.63) is 59.0 Å². The maximum Gasteiger partial charge on any atom is 0.118 e. The molecule has 3 heteroatoms. The highest BCUT2D eigenvalue weighted by Gasteiger charge is 2.17. The first kappa shape index (κ1) is 15.8. The van der Waals surface area contributed by atoms with Crippen LogP contribution < -0.4 is 5.73 Å². The third-order valence-electron chi connectivity index (χ3n) is 3.94. The molecule has 1 aromatic carbocycles. The Bertz CT molecular complexity index is 557. The fourth-order valence-corrected chi connectivity index (χ4v) is 2.60. The lowest BCUT2D eigenvalue weighted by Crippen LogP contribution is -2.30. The molecule has 1 aromatic heterocycles. The van der Waals surface area contributed by atoms with Gasteiger partial charge in [-0.25, -0.2) is 0 Å². The first-order valence-electron chi connectivity index (χ1n) is 7.56. The van der Waals surface area contributed by atoms with Crippen LogP contribution in [0.5, 0.6) is 0 Å². The summed E-state index contributed by atoms with van der Waals surface area (Å²) >= 11 is 0. The van der Waals surface area contributed by atoms with Gasteiger partial charge < -0.3 is 10.2 Å². The van der Waals surface area contributed by atoms with Crippen molar-refractivity contribution >= 4 is 0 Å². The highest BCUT2D eigenvalue weighted by Crippen LogP contribution is 2.23. The SMILES string of the molecule is Cc1ccc(CN(C)C(CN)c2ccc(C(C)C)cc2)o1. The molecule has 0 saturated heterocycles. The van der Waals surface area contributed by atoms with Gasteiger partial charge in [0.2, 0.25) is 0 Å². The summed E-state index contributed by atoms with van der Waals surface area (Å²) in [7, 11) is 2.09. The molecule has 0 bridgehead atoms. The Morgan fingerprint density at radius 2 is 1.67 bits per heavy atom. The Balaban J connectivity index is 2.10. The van der Waals surface area contributed by atoms with Crippen LogP contribution in [-0.4, -0.2) is 18.5 Å². The zero-order chi connectivity index (χ0) is 15.4. The average molecular weight is 286 g/mol. The average Bonchev–Trinajstić information content (AvgIpc) is 2.85. The number of hydrogen-bond donors (Lipinski definition) is 1. The fourth-order valence-electron chi connectivity index (χ4n) is 2.60. The normalized spacial score (nSPS) is 13.1. The molecule has 0 aliphatic carbocycles. The Kier molecular flexibility index (Phi) is 5.21. The Hall–Kier alpha value is -1.58. The van der Waals surface area contributed by atoms with E-state index < -0.39 is 0 Å². The van der Waals surface area contributed by atoms with Gasteiger partial charge in [-0.15, -0.1) is 0 Å². The second kappa shape index (κ2) is 6.92. The van der Waals surface area contributed by atoms with Gasteiger partial charge in [0.15, 0.2) is 0 Å². The topological polar surface area (TPSA) is 42.4 Å². The van der Waals surface area contributed by atoms with Crippen molar-refractivity contribution in [1.29, 1.82) is 0 Å². The molecule has 21 heavy (non-hydrogen) atoms. The van der Waals surface area contributed by atoms with Crippen molar-refractivity contribution in [2.75, 3.05) is 13.6 Å². The lowest BCUT2D eigenvalue weighted by atomic mass is 9.98. The van der Waals surface area contributed by atoms with E-state index >= 15 is 0 Å². The second-order valence-corrected chi connectivity index (χ2v) is 6.00. The lowest BCUT2D eigenvalue weighted by Gasteiger charge is -2.26. The molecule has 2 aromatic rings. The van der Waals surface area contributed by atoms with Crippen LogP contribution in [0.15, 0.2) is 40.8 Å². The quantitative estimate of drug-likeness (QED) is 0.877. The molecule has 1 unspecified atom stereocenters. The molecular formula is C18H26N2O. The van der Waals surface area contributed by atoms with E-state index in [1.807, 2.05) is 19.1 Å². The number of nitrogens with two attached hydrogens (primary N) is 1. The number of benzene rings is 1. The first-order valence-corrected chi connectivity index (χ1v) is 7.56. The van der Waals surface area contributed by atoms with Crippen LogP contribution in [0.25, 0.3) is 0 Å². The van der Waals surface area contributed by atoms with Gasteiger partial charge in [0, 0.05) is 12.6 Å². The molecule has 2 rings (SSSR count). The molecule has 0 amide bonds. The van der Waals surface area contributed by atoms with Gasteiger partial charge in [-0.3, -0.25) is 4.90 Å². The van der Waals surface area contributed by atoms with E-state index in [0.29, 0.717) is 12.5 Å². The largest absolute Gasteiger partial charge is 0.465 e. The van der Waals surface area contributed by atoms with E-state index in [2.05, 4.69) is 50.1 Å². The summed E-state index contributed by atoms with van der Waals surface area (Å²) in [5.41, 5.74) is 8.61. The number of aryl methyl sites for hydroxylation is 1. The molecule has 0 spiro atoms. The van der Waals surface area contributed by atoms with E-state index in [1.54, 1.807) is 0 Å². The first-order chi connectivity index (χ1) is 10.0. The number of rotatable bonds is 6. The van der Waals surface area contributed by atoms with Crippen LogP contribution in [0.1, 0.15) is 48.5 Å². The van der Waals surface area contributed by atoms with Gasteiger partial charge in [0.1, 0.15) is 11.5 Å². The number of nitrogens with zero attached hydrogens (tertiary/aromatic N) is 1. The van der Waals surface area contributed by atoms with Gasteiger partial charge in [0.05, 0.1) is 6.54 Å². The highest BCUT2D eigenvalue weighted by molar-refractivity contribution is 5.27. The highest BCUT2D eigenvalue weighted by atomic mass is 16.3. The van der Waals surface area contributed by atoms with Crippen LogP contribution in [-0.2, 0) is 6.54 Å². The van der Waals surface area contributed by atoms with Gasteiger partial charge in [-0.1, -0.05) is 38.1 Å². The van der Waals surface area contributed by atoms with Gasteiger partial charge in [-0.2, -0.15) is 0 Å². The third-order valence-corrected chi connectivity index (χ3v) is 3.94. The minimum atomic E-state index is 0.205. The van der Waals surface area contributed by atoms with E-state index in [0.717, 1.165) is 18.1 Å². The molecule has 3 nitrogen and oxygen atoms in total. The van der Waals surface area contributed by atoms with Gasteiger partial charge >= 0.3 is 0 Å². The molecule has 2 N–H and O–H groups in total. The summed E-state index contributed by atoms with van der Waals surface area (Å²) < 4.78 is 5.65. The van der Waals surface area contributed by atoms with Gasteiger partial charge in [-0.05, 0) is 43.1 Å². The van der Waals surface area contributed by atoms with Crippen molar-refractivity contribution < 1.29 is 4.42 Å². The molecule has 114 valence electrons. The molecule has 0 radical (unpaired) electrons. The van der Waals surface area contributed by atoms with Crippen LogP contribution in [0, 0.1) is 6.92 Å². The standard InChI is InChI=1S/C18H26N2O/c1-13(2)15-6-8-16(9-7-15)18(11-19)20(4)12-17-10-5-14(3)21-17/h5-10,13,18H,11-12,19H2,1-4H3. The van der Waals surface area contributed by atoms with E-state index in [4.69, 9.17) is 10.2 Å². The van der Waals surface area contributed by atoms with Crippen molar-refractivity contribution in [3.63, 3.8) is 0 Å². The zero-order valence-electron chi connectivity index (χ0n) is 13.5. The summed E-state index contributed by atoms with van der Waals surface area (Å²) in [4.78, 5) is 2.24. The van der Waals surface area contributed by atoms with Crippen LogP contribution in [0.4, 0.5) is 0 Å². The van der Waals surface area contributed by atoms with Gasteiger partial charge in [0.25, 0.3) is 0 Å². The summed E-state index contributed by atoms with van der Waals surface area (Å²) in [6, 6.07) is 13.0. The maximum atomic E-state index is 5.99. The van der Waals surface area contributed by atoms with Crippen molar-refractivity contribution in [2.24, 2.45) is 5.73 Å². The third kappa shape index (κ3) is 3.96. The van der Waals surface area contributed by atoms with E-state index in [1.165, 1.54) is 11.1 Å². The predicted molar refractivity (Wildman–Crippen MR) is 87.2 cm³/mol. The van der Waals surface area contributed by atoms with E-state index in [9.17, 15) is 0 Å². The van der Waals surface area contributed by atoms with Crippen LogP contribution in [0.3, 0.4) is 0 Å². The maximum absolute atomic E-state index is 5.99. The zero-order valence-corrected chi connectivity index (χ0v) is 13.5. The molecule has 0 aliphatic rings. The molecular weight excluding hydrogens is 260 g/mol. The fraction of sp³-hybridized carbons (Fsp3) is 0.444. The molecule has 0 saturated carbocycles. The molecule has 1 atom stereocenters. The Morgan fingerprint density at radius 3 is 2.14 bits per heavy atom. The van der Waals surface area contributed by atoms with Crippen molar-refractivity contribution in [1.82, 2.24) is 4.90 Å². The molecule has 0 fully saturated rings.